The van der Waals surface area contributed by atoms with Gasteiger partial charge in [0.25, 0.3) is 0 Å². The summed E-state index contributed by atoms with van der Waals surface area (Å²) in [4.78, 5) is 22.4. The van der Waals surface area contributed by atoms with E-state index in [-0.39, 0.29) is 11.3 Å². The summed E-state index contributed by atoms with van der Waals surface area (Å²) in [5.74, 6) is -2.08. The molecule has 0 aliphatic heterocycles. The molecule has 3 N–H and O–H groups in total. The van der Waals surface area contributed by atoms with Gasteiger partial charge in [-0.2, -0.15) is 13.2 Å². The van der Waals surface area contributed by atoms with Gasteiger partial charge in [0, 0.05) is 11.3 Å². The van der Waals surface area contributed by atoms with Crippen molar-refractivity contribution < 1.29 is 27.9 Å². The Balaban J connectivity index is 3.10. The first-order valence-corrected chi connectivity index (χ1v) is 5.54. The Labute approximate surface area is 112 Å². The lowest BCUT2D eigenvalue weighted by Crippen LogP contribution is -2.38. The van der Waals surface area contributed by atoms with E-state index in [1.807, 2.05) is 0 Å². The number of alkyl halides is 3. The van der Waals surface area contributed by atoms with Crippen LogP contribution in [0, 0.1) is 6.92 Å². The summed E-state index contributed by atoms with van der Waals surface area (Å²) < 4.78 is 37.3. The van der Waals surface area contributed by atoms with Crippen molar-refractivity contribution in [3.05, 3.63) is 29.3 Å². The van der Waals surface area contributed by atoms with Gasteiger partial charge >= 0.3 is 12.1 Å². The third-order valence-electron chi connectivity index (χ3n) is 2.54. The summed E-state index contributed by atoms with van der Waals surface area (Å²) in [5.41, 5.74) is 5.72. The molecule has 1 aromatic carbocycles. The molecule has 0 aromatic heterocycles. The molecule has 0 bridgehead atoms. The minimum Gasteiger partial charge on any atom is -0.480 e. The molecule has 0 radical (unpaired) electrons. The SMILES string of the molecule is Cc1cc(N(CC(=O)O)CC(F)(F)F)ccc1C(N)=O. The molecule has 1 rings (SSSR count). The Hall–Kier alpha value is -2.25. The molecule has 0 saturated heterocycles. The van der Waals surface area contributed by atoms with Crippen molar-refractivity contribution in [1.29, 1.82) is 0 Å². The quantitative estimate of drug-likeness (QED) is 0.861. The maximum atomic E-state index is 12.4. The van der Waals surface area contributed by atoms with Gasteiger partial charge in [0.2, 0.25) is 5.91 Å². The number of aliphatic carboxylic acids is 1. The largest absolute Gasteiger partial charge is 0.480 e. The van der Waals surface area contributed by atoms with E-state index in [9.17, 15) is 22.8 Å². The van der Waals surface area contributed by atoms with E-state index in [0.29, 0.717) is 10.5 Å². The van der Waals surface area contributed by atoms with E-state index < -0.39 is 31.1 Å². The van der Waals surface area contributed by atoms with Crippen molar-refractivity contribution in [2.75, 3.05) is 18.0 Å². The van der Waals surface area contributed by atoms with Crippen molar-refractivity contribution >= 4 is 17.6 Å². The molecule has 0 aliphatic rings. The van der Waals surface area contributed by atoms with Gasteiger partial charge in [-0.3, -0.25) is 9.59 Å². The first-order valence-electron chi connectivity index (χ1n) is 5.54. The van der Waals surface area contributed by atoms with Crippen LogP contribution in [0.2, 0.25) is 0 Å². The number of benzene rings is 1. The van der Waals surface area contributed by atoms with Crippen LogP contribution in [0.4, 0.5) is 18.9 Å². The molecule has 0 saturated carbocycles. The summed E-state index contributed by atoms with van der Waals surface area (Å²) in [6.45, 7) is -0.681. The average Bonchev–Trinajstić information content (AvgIpc) is 2.24. The highest BCUT2D eigenvalue weighted by molar-refractivity contribution is 5.94. The van der Waals surface area contributed by atoms with E-state index in [4.69, 9.17) is 10.8 Å². The zero-order chi connectivity index (χ0) is 15.5. The van der Waals surface area contributed by atoms with Crippen molar-refractivity contribution in [1.82, 2.24) is 0 Å². The minimum absolute atomic E-state index is 0.0622. The van der Waals surface area contributed by atoms with Gasteiger partial charge in [-0.1, -0.05) is 0 Å². The fourth-order valence-electron chi connectivity index (χ4n) is 1.74. The van der Waals surface area contributed by atoms with Crippen LogP contribution in [0.25, 0.3) is 0 Å². The number of amides is 1. The zero-order valence-corrected chi connectivity index (χ0v) is 10.6. The highest BCUT2D eigenvalue weighted by atomic mass is 19.4. The first kappa shape index (κ1) is 15.8. The van der Waals surface area contributed by atoms with Gasteiger partial charge in [0.1, 0.15) is 13.1 Å². The Morgan fingerprint density at radius 2 is 1.95 bits per heavy atom. The van der Waals surface area contributed by atoms with Crippen molar-refractivity contribution in [2.45, 2.75) is 13.1 Å². The normalized spacial score (nSPS) is 11.2. The maximum Gasteiger partial charge on any atom is 0.405 e. The molecule has 0 spiro atoms. The second kappa shape index (κ2) is 5.81. The number of nitrogens with zero attached hydrogens (tertiary/aromatic N) is 1. The van der Waals surface area contributed by atoms with Crippen molar-refractivity contribution in [3.8, 4) is 0 Å². The summed E-state index contributed by atoms with van der Waals surface area (Å²) >= 11 is 0. The third kappa shape index (κ3) is 4.45. The fourth-order valence-corrected chi connectivity index (χ4v) is 1.74. The smallest absolute Gasteiger partial charge is 0.405 e. The second-order valence-electron chi connectivity index (χ2n) is 4.23. The lowest BCUT2D eigenvalue weighted by Gasteiger charge is -2.24. The Morgan fingerprint density at radius 3 is 2.35 bits per heavy atom. The van der Waals surface area contributed by atoms with E-state index in [2.05, 4.69) is 0 Å². The van der Waals surface area contributed by atoms with Crippen LogP contribution in [-0.2, 0) is 4.79 Å². The van der Waals surface area contributed by atoms with E-state index in [1.54, 1.807) is 0 Å². The number of carbonyl (C=O) groups is 2. The summed E-state index contributed by atoms with van der Waals surface area (Å²) in [5, 5.41) is 8.67. The summed E-state index contributed by atoms with van der Waals surface area (Å²) in [6.07, 6.45) is -4.54. The Bertz CT molecular complexity index is 529. The number of hydrogen-bond acceptors (Lipinski definition) is 3. The molecule has 0 heterocycles. The standard InChI is InChI=1S/C12H13F3N2O3/c1-7-4-8(2-3-9(7)11(16)20)17(5-10(18)19)6-12(13,14)15/h2-4H,5-6H2,1H3,(H2,16,20)(H,18,19). The van der Waals surface area contributed by atoms with Crippen LogP contribution in [0.15, 0.2) is 18.2 Å². The first-order chi connectivity index (χ1) is 9.10. The number of aryl methyl sites for hydroxylation is 1. The minimum atomic E-state index is -4.54. The lowest BCUT2D eigenvalue weighted by atomic mass is 10.1. The van der Waals surface area contributed by atoms with Gasteiger partial charge in [-0.15, -0.1) is 0 Å². The third-order valence-corrected chi connectivity index (χ3v) is 2.54. The molecule has 0 aliphatic carbocycles. The molecule has 1 amide bonds. The molecular weight excluding hydrogens is 277 g/mol. The van der Waals surface area contributed by atoms with Crippen LogP contribution in [0.5, 0.6) is 0 Å². The molecule has 0 atom stereocenters. The number of carboxylic acid groups (broad SMARTS) is 1. The van der Waals surface area contributed by atoms with E-state index in [1.165, 1.54) is 25.1 Å². The van der Waals surface area contributed by atoms with Crippen LogP contribution in [0.3, 0.4) is 0 Å². The number of rotatable bonds is 5. The monoisotopic (exact) mass is 290 g/mol. The van der Waals surface area contributed by atoms with Crippen molar-refractivity contribution in [3.63, 3.8) is 0 Å². The van der Waals surface area contributed by atoms with Gasteiger partial charge in [-0.05, 0) is 30.7 Å². The molecule has 8 heteroatoms. The molecule has 0 fully saturated rings. The maximum absolute atomic E-state index is 12.4. The molecule has 5 nitrogen and oxygen atoms in total. The van der Waals surface area contributed by atoms with Crippen LogP contribution in [0.1, 0.15) is 15.9 Å². The molecule has 0 unspecified atom stereocenters. The zero-order valence-electron chi connectivity index (χ0n) is 10.6. The number of carbonyl (C=O) groups excluding carboxylic acids is 1. The van der Waals surface area contributed by atoms with Gasteiger partial charge in [0.05, 0.1) is 0 Å². The van der Waals surface area contributed by atoms with Gasteiger partial charge in [0.15, 0.2) is 0 Å². The average molecular weight is 290 g/mol. The van der Waals surface area contributed by atoms with Crippen LogP contribution in [-0.4, -0.2) is 36.2 Å². The van der Waals surface area contributed by atoms with Gasteiger partial charge in [-0.25, -0.2) is 0 Å². The van der Waals surface area contributed by atoms with Gasteiger partial charge < -0.3 is 15.7 Å². The number of anilines is 1. The number of primary amides is 1. The topological polar surface area (TPSA) is 83.6 Å². The highest BCUT2D eigenvalue weighted by Crippen LogP contribution is 2.24. The number of hydrogen-bond donors (Lipinski definition) is 2. The molecule has 110 valence electrons. The second-order valence-corrected chi connectivity index (χ2v) is 4.23. The summed E-state index contributed by atoms with van der Waals surface area (Å²) in [6, 6.07) is 3.81. The predicted molar refractivity (Wildman–Crippen MR) is 65.6 cm³/mol. The Kier molecular flexibility index (Phi) is 4.59. The number of halogens is 3. The molecule has 20 heavy (non-hydrogen) atoms. The van der Waals surface area contributed by atoms with Crippen LogP contribution >= 0.6 is 0 Å². The number of carboxylic acids is 1. The summed E-state index contributed by atoms with van der Waals surface area (Å²) in [7, 11) is 0. The highest BCUT2D eigenvalue weighted by Gasteiger charge is 2.32. The van der Waals surface area contributed by atoms with Crippen molar-refractivity contribution in [2.24, 2.45) is 5.73 Å². The van der Waals surface area contributed by atoms with E-state index >= 15 is 0 Å². The number of nitrogens with two attached hydrogens (primary N) is 1. The lowest BCUT2D eigenvalue weighted by molar-refractivity contribution is -0.136. The molecule has 1 aromatic rings. The van der Waals surface area contributed by atoms with E-state index in [0.717, 1.165) is 0 Å². The van der Waals surface area contributed by atoms with Crippen LogP contribution < -0.4 is 10.6 Å². The Morgan fingerprint density at radius 1 is 1.35 bits per heavy atom. The predicted octanol–water partition coefficient (Wildman–Crippen LogP) is 1.55. The molecular formula is C12H13F3N2O3. The fraction of sp³-hybridized carbons (Fsp3) is 0.333.